The van der Waals surface area contributed by atoms with Crippen LogP contribution < -0.4 is 11.1 Å². The first-order valence-electron chi connectivity index (χ1n) is 7.95. The zero-order valence-electron chi connectivity index (χ0n) is 13.9. The van der Waals surface area contributed by atoms with Crippen molar-refractivity contribution in [2.75, 3.05) is 12.3 Å². The molecule has 2 amide bonds. The maximum atomic E-state index is 12.5. The van der Waals surface area contributed by atoms with E-state index in [2.05, 4.69) is 5.32 Å². The molecule has 0 saturated heterocycles. The van der Waals surface area contributed by atoms with Crippen molar-refractivity contribution >= 4 is 35.2 Å². The Bertz CT molecular complexity index is 836. The molecular formula is C19H18ClN3O2S. The molecule has 0 spiro atoms. The van der Waals surface area contributed by atoms with Crippen molar-refractivity contribution in [3.8, 4) is 6.07 Å². The lowest BCUT2D eigenvalue weighted by molar-refractivity contribution is -0.122. The SMILES string of the molecule is N#CCNC(=O)C(CCSc1ccccc1Cl)c1ccccc1C(N)=O. The summed E-state index contributed by atoms with van der Waals surface area (Å²) in [5.74, 6) is -0.860. The molecule has 0 heterocycles. The van der Waals surface area contributed by atoms with Gasteiger partial charge in [0.2, 0.25) is 11.8 Å². The summed E-state index contributed by atoms with van der Waals surface area (Å²) in [4.78, 5) is 25.2. The van der Waals surface area contributed by atoms with E-state index in [9.17, 15) is 9.59 Å². The Morgan fingerprint density at radius 3 is 2.58 bits per heavy atom. The topological polar surface area (TPSA) is 96.0 Å². The van der Waals surface area contributed by atoms with E-state index in [0.29, 0.717) is 28.3 Å². The number of carbonyl (C=O) groups is 2. The predicted molar refractivity (Wildman–Crippen MR) is 103 cm³/mol. The van der Waals surface area contributed by atoms with Crippen molar-refractivity contribution in [1.29, 1.82) is 5.26 Å². The molecule has 134 valence electrons. The number of nitrogens with one attached hydrogen (secondary N) is 1. The number of nitrogens with two attached hydrogens (primary N) is 1. The van der Waals surface area contributed by atoms with Gasteiger partial charge in [-0.1, -0.05) is 41.9 Å². The third-order valence-corrected chi connectivity index (χ3v) is 5.31. The van der Waals surface area contributed by atoms with Crippen LogP contribution in [0.1, 0.15) is 28.3 Å². The Morgan fingerprint density at radius 2 is 1.88 bits per heavy atom. The average molecular weight is 388 g/mol. The quantitative estimate of drug-likeness (QED) is 0.536. The Morgan fingerprint density at radius 1 is 1.19 bits per heavy atom. The molecule has 0 aromatic heterocycles. The van der Waals surface area contributed by atoms with E-state index < -0.39 is 11.8 Å². The summed E-state index contributed by atoms with van der Waals surface area (Å²) in [7, 11) is 0. The van der Waals surface area contributed by atoms with Crippen LogP contribution in [0.15, 0.2) is 53.4 Å². The number of benzene rings is 2. The molecule has 26 heavy (non-hydrogen) atoms. The first-order valence-corrected chi connectivity index (χ1v) is 9.31. The second-order valence-electron chi connectivity index (χ2n) is 5.45. The van der Waals surface area contributed by atoms with Gasteiger partial charge in [0, 0.05) is 10.5 Å². The van der Waals surface area contributed by atoms with Crippen LogP contribution in [0.3, 0.4) is 0 Å². The standard InChI is InChI=1S/C19H18ClN3O2S/c20-16-7-3-4-8-17(16)26-12-9-15(19(25)23-11-10-21)13-5-1-2-6-14(13)18(22)24/h1-8,15H,9,11-12H2,(H2,22,24)(H,23,25). The number of halogens is 1. The summed E-state index contributed by atoms with van der Waals surface area (Å²) >= 11 is 7.69. The fraction of sp³-hybridized carbons (Fsp3) is 0.211. The van der Waals surface area contributed by atoms with Gasteiger partial charge < -0.3 is 11.1 Å². The van der Waals surface area contributed by atoms with Gasteiger partial charge in [-0.2, -0.15) is 5.26 Å². The molecule has 1 atom stereocenters. The number of hydrogen-bond acceptors (Lipinski definition) is 4. The van der Waals surface area contributed by atoms with E-state index in [1.165, 1.54) is 11.8 Å². The molecule has 0 aliphatic heterocycles. The van der Waals surface area contributed by atoms with Crippen LogP contribution in [0.25, 0.3) is 0 Å². The fourth-order valence-electron chi connectivity index (χ4n) is 2.55. The van der Waals surface area contributed by atoms with Gasteiger partial charge in [0.1, 0.15) is 6.54 Å². The maximum Gasteiger partial charge on any atom is 0.249 e. The Balaban J connectivity index is 2.19. The summed E-state index contributed by atoms with van der Waals surface area (Å²) in [6, 6.07) is 16.1. The minimum absolute atomic E-state index is 0.0915. The highest BCUT2D eigenvalue weighted by Gasteiger charge is 2.24. The van der Waals surface area contributed by atoms with Crippen molar-refractivity contribution in [1.82, 2.24) is 5.32 Å². The molecule has 1 unspecified atom stereocenters. The number of primary amides is 1. The molecule has 0 radical (unpaired) electrons. The van der Waals surface area contributed by atoms with Crippen molar-refractivity contribution < 1.29 is 9.59 Å². The third-order valence-electron chi connectivity index (χ3n) is 3.76. The molecule has 5 nitrogen and oxygen atoms in total. The van der Waals surface area contributed by atoms with Crippen LogP contribution in [0.2, 0.25) is 5.02 Å². The molecule has 2 aromatic rings. The summed E-state index contributed by atoms with van der Waals surface area (Å²) in [6.45, 7) is -0.0915. The molecule has 0 fully saturated rings. The van der Waals surface area contributed by atoms with Crippen molar-refractivity contribution in [2.45, 2.75) is 17.2 Å². The number of nitrogens with zero attached hydrogens (tertiary/aromatic N) is 1. The number of hydrogen-bond donors (Lipinski definition) is 2. The largest absolute Gasteiger partial charge is 0.366 e. The van der Waals surface area contributed by atoms with Crippen LogP contribution in [0.4, 0.5) is 0 Å². The van der Waals surface area contributed by atoms with Gasteiger partial charge in [0.05, 0.1) is 17.0 Å². The Hall–Kier alpha value is -2.49. The second kappa shape index (κ2) is 9.85. The van der Waals surface area contributed by atoms with Crippen molar-refractivity contribution in [3.05, 3.63) is 64.7 Å². The highest BCUT2D eigenvalue weighted by atomic mass is 35.5. The van der Waals surface area contributed by atoms with E-state index in [1.807, 2.05) is 30.3 Å². The second-order valence-corrected chi connectivity index (χ2v) is 6.99. The molecular weight excluding hydrogens is 370 g/mol. The first kappa shape index (κ1) is 19.8. The third kappa shape index (κ3) is 5.25. The molecule has 3 N–H and O–H groups in total. The minimum Gasteiger partial charge on any atom is -0.366 e. The lowest BCUT2D eigenvalue weighted by Gasteiger charge is -2.18. The molecule has 2 rings (SSSR count). The number of nitriles is 1. The van der Waals surface area contributed by atoms with Crippen LogP contribution in [-0.2, 0) is 4.79 Å². The number of thioether (sulfide) groups is 1. The first-order chi connectivity index (χ1) is 12.5. The Labute approximate surface area is 161 Å². The lowest BCUT2D eigenvalue weighted by Crippen LogP contribution is -2.31. The highest BCUT2D eigenvalue weighted by Crippen LogP contribution is 2.31. The molecule has 0 saturated carbocycles. The molecule has 0 aliphatic carbocycles. The minimum atomic E-state index is -0.586. The van der Waals surface area contributed by atoms with Crippen molar-refractivity contribution in [3.63, 3.8) is 0 Å². The smallest absolute Gasteiger partial charge is 0.249 e. The van der Waals surface area contributed by atoms with E-state index in [1.54, 1.807) is 24.3 Å². The fourth-order valence-corrected chi connectivity index (χ4v) is 3.81. The number of rotatable bonds is 8. The van der Waals surface area contributed by atoms with E-state index >= 15 is 0 Å². The van der Waals surface area contributed by atoms with Crippen LogP contribution in [-0.4, -0.2) is 24.1 Å². The van der Waals surface area contributed by atoms with Crippen LogP contribution in [0, 0.1) is 11.3 Å². The van der Waals surface area contributed by atoms with Gasteiger partial charge in [-0.15, -0.1) is 11.8 Å². The van der Waals surface area contributed by atoms with E-state index in [0.717, 1.165) is 4.90 Å². The summed E-state index contributed by atoms with van der Waals surface area (Å²) in [6.07, 6.45) is 0.470. The van der Waals surface area contributed by atoms with E-state index in [4.69, 9.17) is 22.6 Å². The van der Waals surface area contributed by atoms with Gasteiger partial charge in [-0.05, 0) is 35.9 Å². The molecule has 0 aliphatic rings. The molecule has 2 aromatic carbocycles. The summed E-state index contributed by atoms with van der Waals surface area (Å²) < 4.78 is 0. The summed E-state index contributed by atoms with van der Waals surface area (Å²) in [5.41, 5.74) is 6.32. The summed E-state index contributed by atoms with van der Waals surface area (Å²) in [5, 5.41) is 11.9. The normalized spacial score (nSPS) is 11.4. The maximum absolute atomic E-state index is 12.5. The van der Waals surface area contributed by atoms with Crippen molar-refractivity contribution in [2.24, 2.45) is 5.73 Å². The lowest BCUT2D eigenvalue weighted by atomic mass is 9.91. The van der Waals surface area contributed by atoms with Gasteiger partial charge in [-0.3, -0.25) is 9.59 Å². The predicted octanol–water partition coefficient (Wildman–Crippen LogP) is 3.34. The van der Waals surface area contributed by atoms with Crippen LogP contribution >= 0.6 is 23.4 Å². The monoisotopic (exact) mass is 387 g/mol. The van der Waals surface area contributed by atoms with Gasteiger partial charge in [0.15, 0.2) is 0 Å². The van der Waals surface area contributed by atoms with Gasteiger partial charge >= 0.3 is 0 Å². The molecule has 0 bridgehead atoms. The zero-order valence-corrected chi connectivity index (χ0v) is 15.5. The van der Waals surface area contributed by atoms with Gasteiger partial charge in [-0.25, -0.2) is 0 Å². The van der Waals surface area contributed by atoms with E-state index in [-0.39, 0.29) is 12.5 Å². The Kier molecular flexibility index (Phi) is 7.52. The number of amides is 2. The molecule has 7 heteroatoms. The zero-order chi connectivity index (χ0) is 18.9. The van der Waals surface area contributed by atoms with Crippen LogP contribution in [0.5, 0.6) is 0 Å². The van der Waals surface area contributed by atoms with Gasteiger partial charge in [0.25, 0.3) is 0 Å². The highest BCUT2D eigenvalue weighted by molar-refractivity contribution is 7.99. The number of carbonyl (C=O) groups excluding carboxylic acids is 2. The average Bonchev–Trinajstić information content (AvgIpc) is 2.64.